The van der Waals surface area contributed by atoms with Gasteiger partial charge in [-0.05, 0) is 19.6 Å². The molecule has 6 nitrogen and oxygen atoms in total. The van der Waals surface area contributed by atoms with Crippen LogP contribution < -0.4 is 5.32 Å². The molecule has 0 aromatic rings. The van der Waals surface area contributed by atoms with Crippen molar-refractivity contribution < 1.29 is 19.5 Å². The Bertz CT molecular complexity index is 455. The minimum Gasteiger partial charge on any atom is -0.480 e. The second-order valence-corrected chi connectivity index (χ2v) is 8.33. The summed E-state index contributed by atoms with van der Waals surface area (Å²) < 4.78 is -0.552. The summed E-state index contributed by atoms with van der Waals surface area (Å²) in [5.41, 5.74) is 0. The monoisotopic (exact) mass is 318 g/mol. The van der Waals surface area contributed by atoms with E-state index in [0.717, 1.165) is 5.75 Å². The SMILES string of the molecule is CCSCC(=O)N[C@@H]1C(=O)N2[C@@H]1SC(C)(C)[C@@H]2C(=O)O. The van der Waals surface area contributed by atoms with E-state index >= 15 is 0 Å². The Morgan fingerprint density at radius 1 is 1.50 bits per heavy atom. The number of hydrogen-bond acceptors (Lipinski definition) is 5. The first-order valence-electron chi connectivity index (χ1n) is 6.39. The number of carboxylic acids is 1. The van der Waals surface area contributed by atoms with Crippen molar-refractivity contribution in [3.63, 3.8) is 0 Å². The molecule has 0 aliphatic carbocycles. The summed E-state index contributed by atoms with van der Waals surface area (Å²) in [5.74, 6) is -0.305. The van der Waals surface area contributed by atoms with E-state index in [0.29, 0.717) is 5.75 Å². The molecule has 2 heterocycles. The molecule has 112 valence electrons. The predicted octanol–water partition coefficient (Wildman–Crippen LogP) is 0.371. The molecular formula is C12H18N2O4S2. The molecule has 2 N–H and O–H groups in total. The van der Waals surface area contributed by atoms with Gasteiger partial charge in [-0.3, -0.25) is 9.59 Å². The van der Waals surface area contributed by atoms with Crippen LogP contribution in [0, 0.1) is 0 Å². The van der Waals surface area contributed by atoms with Crippen LogP contribution in [0.5, 0.6) is 0 Å². The number of amides is 2. The lowest BCUT2D eigenvalue weighted by Gasteiger charge is -2.43. The third-order valence-corrected chi connectivity index (χ3v) is 5.87. The molecule has 0 unspecified atom stereocenters. The maximum atomic E-state index is 12.1. The van der Waals surface area contributed by atoms with Crippen molar-refractivity contribution in [1.82, 2.24) is 10.2 Å². The summed E-state index contributed by atoms with van der Waals surface area (Å²) in [6, 6.07) is -1.42. The zero-order chi connectivity index (χ0) is 15.1. The molecule has 0 spiro atoms. The molecule has 0 bridgehead atoms. The summed E-state index contributed by atoms with van der Waals surface area (Å²) in [6.45, 7) is 5.59. The van der Waals surface area contributed by atoms with E-state index in [1.165, 1.54) is 28.4 Å². The van der Waals surface area contributed by atoms with Crippen LogP contribution in [-0.4, -0.2) is 61.5 Å². The molecule has 0 aromatic carbocycles. The Balaban J connectivity index is 2.03. The van der Waals surface area contributed by atoms with Gasteiger partial charge in [-0.15, -0.1) is 11.8 Å². The highest BCUT2D eigenvalue weighted by Crippen LogP contribution is 2.50. The van der Waals surface area contributed by atoms with Crippen molar-refractivity contribution in [2.75, 3.05) is 11.5 Å². The first-order chi connectivity index (χ1) is 9.29. The number of thioether (sulfide) groups is 2. The predicted molar refractivity (Wildman–Crippen MR) is 78.7 cm³/mol. The van der Waals surface area contributed by atoms with Crippen molar-refractivity contribution in [3.05, 3.63) is 0 Å². The van der Waals surface area contributed by atoms with Crippen molar-refractivity contribution in [1.29, 1.82) is 0 Å². The van der Waals surface area contributed by atoms with E-state index in [9.17, 15) is 19.5 Å². The fraction of sp³-hybridized carbons (Fsp3) is 0.750. The molecule has 0 aromatic heterocycles. The first kappa shape index (κ1) is 15.5. The maximum absolute atomic E-state index is 12.1. The molecule has 2 rings (SSSR count). The van der Waals surface area contributed by atoms with Gasteiger partial charge < -0.3 is 15.3 Å². The minimum atomic E-state index is -0.996. The standard InChI is InChI=1S/C12H18N2O4S2/c1-4-19-5-6(15)13-7-9(16)14-8(11(17)18)12(2,3)20-10(7)14/h7-8,10H,4-5H2,1-3H3,(H,13,15)(H,17,18)/t7-,8+,10-/m1/s1. The lowest BCUT2D eigenvalue weighted by Crippen LogP contribution is -2.70. The number of aliphatic carboxylic acids is 1. The highest BCUT2D eigenvalue weighted by molar-refractivity contribution is 8.01. The fourth-order valence-electron chi connectivity index (χ4n) is 2.56. The van der Waals surface area contributed by atoms with Gasteiger partial charge in [-0.1, -0.05) is 6.92 Å². The third kappa shape index (κ3) is 2.50. The second kappa shape index (κ2) is 5.48. The van der Waals surface area contributed by atoms with Crippen molar-refractivity contribution >= 4 is 41.3 Å². The van der Waals surface area contributed by atoms with Gasteiger partial charge in [0.1, 0.15) is 17.5 Å². The number of hydrogen-bond donors (Lipinski definition) is 2. The van der Waals surface area contributed by atoms with Crippen LogP contribution in [0.25, 0.3) is 0 Å². The highest BCUT2D eigenvalue weighted by atomic mass is 32.2. The average Bonchev–Trinajstić information content (AvgIpc) is 2.62. The zero-order valence-corrected chi connectivity index (χ0v) is 13.2. The first-order valence-corrected chi connectivity index (χ1v) is 8.43. The molecule has 2 amide bonds. The third-order valence-electron chi connectivity index (χ3n) is 3.43. The van der Waals surface area contributed by atoms with Crippen LogP contribution in [0.1, 0.15) is 20.8 Å². The highest BCUT2D eigenvalue weighted by Gasteiger charge is 2.64. The largest absolute Gasteiger partial charge is 0.480 e. The Labute approximate surface area is 126 Å². The van der Waals surface area contributed by atoms with Gasteiger partial charge in [0, 0.05) is 4.75 Å². The number of fused-ring (bicyclic) bond motifs is 1. The van der Waals surface area contributed by atoms with Crippen LogP contribution in [0.4, 0.5) is 0 Å². The molecular weight excluding hydrogens is 300 g/mol. The van der Waals surface area contributed by atoms with Gasteiger partial charge in [0.2, 0.25) is 11.8 Å². The van der Waals surface area contributed by atoms with Gasteiger partial charge in [0.15, 0.2) is 0 Å². The van der Waals surface area contributed by atoms with Crippen LogP contribution >= 0.6 is 23.5 Å². The molecule has 20 heavy (non-hydrogen) atoms. The molecule has 2 aliphatic heterocycles. The minimum absolute atomic E-state index is 0.174. The van der Waals surface area contributed by atoms with Crippen LogP contribution in [0.2, 0.25) is 0 Å². The summed E-state index contributed by atoms with van der Waals surface area (Å²) in [6.07, 6.45) is 0. The molecule has 2 fully saturated rings. The smallest absolute Gasteiger partial charge is 0.327 e. The van der Waals surface area contributed by atoms with Crippen LogP contribution in [0.3, 0.4) is 0 Å². The lowest BCUT2D eigenvalue weighted by molar-refractivity contribution is -0.160. The summed E-state index contributed by atoms with van der Waals surface area (Å²) in [7, 11) is 0. The number of nitrogens with zero attached hydrogens (tertiary/aromatic N) is 1. The lowest BCUT2D eigenvalue weighted by atomic mass is 9.96. The number of rotatable bonds is 5. The molecule has 3 atom stereocenters. The van der Waals surface area contributed by atoms with Crippen molar-refractivity contribution in [3.8, 4) is 0 Å². The van der Waals surface area contributed by atoms with Gasteiger partial charge in [0.25, 0.3) is 0 Å². The van der Waals surface area contributed by atoms with E-state index in [1.54, 1.807) is 0 Å². The Kier molecular flexibility index (Phi) is 4.24. The van der Waals surface area contributed by atoms with Crippen LogP contribution in [-0.2, 0) is 14.4 Å². The Hall–Kier alpha value is -0.890. The van der Waals surface area contributed by atoms with Gasteiger partial charge in [0.05, 0.1) is 5.75 Å². The quantitative estimate of drug-likeness (QED) is 0.712. The number of β-lactam (4-membered cyclic amide) rings is 1. The number of nitrogens with one attached hydrogen (secondary N) is 1. The Morgan fingerprint density at radius 2 is 2.15 bits per heavy atom. The fourth-order valence-corrected chi connectivity index (χ4v) is 4.65. The molecule has 2 saturated heterocycles. The topological polar surface area (TPSA) is 86.7 Å². The van der Waals surface area contributed by atoms with Gasteiger partial charge in [-0.25, -0.2) is 4.79 Å². The number of carboxylic acid groups (broad SMARTS) is 1. The second-order valence-electron chi connectivity index (χ2n) is 5.28. The molecule has 0 radical (unpaired) electrons. The zero-order valence-electron chi connectivity index (χ0n) is 11.6. The summed E-state index contributed by atoms with van der Waals surface area (Å²) >= 11 is 2.92. The molecule has 0 saturated carbocycles. The Morgan fingerprint density at radius 3 is 2.70 bits per heavy atom. The summed E-state index contributed by atoms with van der Waals surface area (Å²) in [4.78, 5) is 36.5. The number of carbonyl (C=O) groups excluding carboxylic acids is 2. The van der Waals surface area contributed by atoms with E-state index < -0.39 is 22.8 Å². The average molecular weight is 318 g/mol. The van der Waals surface area contributed by atoms with Gasteiger partial charge in [-0.2, -0.15) is 11.8 Å². The summed E-state index contributed by atoms with van der Waals surface area (Å²) in [5, 5.41) is 11.7. The number of carbonyl (C=O) groups is 3. The molecule has 8 heteroatoms. The van der Waals surface area contributed by atoms with E-state index in [4.69, 9.17) is 0 Å². The van der Waals surface area contributed by atoms with E-state index in [1.807, 2.05) is 20.8 Å². The van der Waals surface area contributed by atoms with Gasteiger partial charge >= 0.3 is 5.97 Å². The maximum Gasteiger partial charge on any atom is 0.327 e. The van der Waals surface area contributed by atoms with Crippen molar-refractivity contribution in [2.45, 2.75) is 43.0 Å². The van der Waals surface area contributed by atoms with E-state index in [2.05, 4.69) is 5.32 Å². The van der Waals surface area contributed by atoms with E-state index in [-0.39, 0.29) is 17.2 Å². The van der Waals surface area contributed by atoms with Crippen LogP contribution in [0.15, 0.2) is 0 Å². The normalized spacial score (nSPS) is 30.6. The van der Waals surface area contributed by atoms with Crippen molar-refractivity contribution in [2.24, 2.45) is 0 Å². The molecule has 2 aliphatic rings.